The topological polar surface area (TPSA) is 99.8 Å². The SMILES string of the molecule is CCCOc1ccc(CNC(=O)Cn2ncn3nc(-c4ccc(OC)cc4)cc3c2=O)cc1. The number of benzene rings is 2. The molecule has 9 heteroatoms. The summed E-state index contributed by atoms with van der Waals surface area (Å²) in [7, 11) is 1.60. The van der Waals surface area contributed by atoms with Crippen LogP contribution in [0.4, 0.5) is 0 Å². The number of ether oxygens (including phenoxy) is 2. The quantitative estimate of drug-likeness (QED) is 0.424. The van der Waals surface area contributed by atoms with Crippen molar-refractivity contribution in [3.8, 4) is 22.8 Å². The maximum absolute atomic E-state index is 12.8. The van der Waals surface area contributed by atoms with Crippen molar-refractivity contribution < 1.29 is 14.3 Å². The van der Waals surface area contributed by atoms with Crippen LogP contribution in [0.2, 0.25) is 0 Å². The highest BCUT2D eigenvalue weighted by molar-refractivity contribution is 5.75. The molecule has 2 heterocycles. The van der Waals surface area contributed by atoms with Crippen LogP contribution in [0.15, 0.2) is 65.7 Å². The molecule has 2 aromatic carbocycles. The molecule has 0 atom stereocenters. The Morgan fingerprint density at radius 1 is 1.06 bits per heavy atom. The minimum Gasteiger partial charge on any atom is -0.497 e. The van der Waals surface area contributed by atoms with Crippen molar-refractivity contribution in [2.75, 3.05) is 13.7 Å². The van der Waals surface area contributed by atoms with E-state index in [2.05, 4.69) is 22.4 Å². The summed E-state index contributed by atoms with van der Waals surface area (Å²) in [5.74, 6) is 1.22. The average molecular weight is 447 g/mol. The molecule has 0 bridgehead atoms. The normalized spacial score (nSPS) is 10.8. The Labute approximate surface area is 190 Å². The van der Waals surface area contributed by atoms with Crippen molar-refractivity contribution in [1.29, 1.82) is 0 Å². The van der Waals surface area contributed by atoms with E-state index in [4.69, 9.17) is 9.47 Å². The van der Waals surface area contributed by atoms with Crippen molar-refractivity contribution in [2.24, 2.45) is 0 Å². The Kier molecular flexibility index (Phi) is 6.68. The largest absolute Gasteiger partial charge is 0.497 e. The van der Waals surface area contributed by atoms with Crippen molar-refractivity contribution in [1.82, 2.24) is 24.7 Å². The van der Waals surface area contributed by atoms with Gasteiger partial charge in [0.1, 0.15) is 29.9 Å². The highest BCUT2D eigenvalue weighted by atomic mass is 16.5. The van der Waals surface area contributed by atoms with Crippen molar-refractivity contribution in [2.45, 2.75) is 26.4 Å². The number of nitrogens with one attached hydrogen (secondary N) is 1. The van der Waals surface area contributed by atoms with E-state index in [1.165, 1.54) is 10.8 Å². The highest BCUT2D eigenvalue weighted by Crippen LogP contribution is 2.21. The summed E-state index contributed by atoms with van der Waals surface area (Å²) in [6.07, 6.45) is 2.37. The van der Waals surface area contributed by atoms with Gasteiger partial charge >= 0.3 is 0 Å². The summed E-state index contributed by atoms with van der Waals surface area (Å²) in [6.45, 7) is 2.88. The number of aromatic nitrogens is 4. The lowest BCUT2D eigenvalue weighted by Crippen LogP contribution is -2.34. The summed E-state index contributed by atoms with van der Waals surface area (Å²) in [5.41, 5.74) is 2.35. The van der Waals surface area contributed by atoms with E-state index < -0.39 is 5.56 Å². The van der Waals surface area contributed by atoms with Crippen LogP contribution in [0.1, 0.15) is 18.9 Å². The van der Waals surface area contributed by atoms with Gasteiger partial charge in [-0.1, -0.05) is 19.1 Å². The fourth-order valence-electron chi connectivity index (χ4n) is 3.27. The molecule has 4 rings (SSSR count). The molecule has 2 aromatic heterocycles. The molecule has 33 heavy (non-hydrogen) atoms. The molecule has 0 radical (unpaired) electrons. The van der Waals surface area contributed by atoms with E-state index in [9.17, 15) is 9.59 Å². The van der Waals surface area contributed by atoms with Crippen LogP contribution in [0.25, 0.3) is 16.8 Å². The first-order valence-electron chi connectivity index (χ1n) is 10.7. The third-order valence-corrected chi connectivity index (χ3v) is 5.05. The third kappa shape index (κ3) is 5.20. The zero-order chi connectivity index (χ0) is 23.2. The van der Waals surface area contributed by atoms with Gasteiger partial charge in [0.2, 0.25) is 5.91 Å². The van der Waals surface area contributed by atoms with E-state index in [1.54, 1.807) is 13.2 Å². The first-order chi connectivity index (χ1) is 16.1. The second-order valence-electron chi connectivity index (χ2n) is 7.45. The van der Waals surface area contributed by atoms with Gasteiger partial charge in [-0.25, -0.2) is 9.20 Å². The zero-order valence-electron chi connectivity index (χ0n) is 18.5. The molecule has 0 spiro atoms. The molecule has 0 saturated carbocycles. The Bertz CT molecular complexity index is 1290. The molecule has 9 nitrogen and oxygen atoms in total. The number of methoxy groups -OCH3 is 1. The van der Waals surface area contributed by atoms with Gasteiger partial charge in [0, 0.05) is 12.1 Å². The predicted octanol–water partition coefficient (Wildman–Crippen LogP) is 2.67. The summed E-state index contributed by atoms with van der Waals surface area (Å²) in [5, 5.41) is 11.3. The molecule has 1 N–H and O–H groups in total. The van der Waals surface area contributed by atoms with Crippen LogP contribution >= 0.6 is 0 Å². The minimum atomic E-state index is -0.391. The number of hydrogen-bond donors (Lipinski definition) is 1. The molecule has 0 aliphatic rings. The molecule has 0 aliphatic heterocycles. The van der Waals surface area contributed by atoms with Gasteiger partial charge in [0.25, 0.3) is 5.56 Å². The van der Waals surface area contributed by atoms with Crippen LogP contribution in [0, 0.1) is 0 Å². The summed E-state index contributed by atoms with van der Waals surface area (Å²) in [6, 6.07) is 16.6. The lowest BCUT2D eigenvalue weighted by atomic mass is 10.1. The fourth-order valence-corrected chi connectivity index (χ4v) is 3.27. The number of nitrogens with zero attached hydrogens (tertiary/aromatic N) is 4. The predicted molar refractivity (Wildman–Crippen MR) is 123 cm³/mol. The monoisotopic (exact) mass is 447 g/mol. The van der Waals surface area contributed by atoms with Crippen LogP contribution in [-0.2, 0) is 17.9 Å². The van der Waals surface area contributed by atoms with Crippen molar-refractivity contribution in [3.05, 3.63) is 76.8 Å². The Hall–Kier alpha value is -4.14. The molecule has 0 unspecified atom stereocenters. The summed E-state index contributed by atoms with van der Waals surface area (Å²) in [4.78, 5) is 25.2. The molecular weight excluding hydrogens is 422 g/mol. The van der Waals surface area contributed by atoms with E-state index in [1.807, 2.05) is 48.5 Å². The Morgan fingerprint density at radius 3 is 2.48 bits per heavy atom. The van der Waals surface area contributed by atoms with Gasteiger partial charge in [0.05, 0.1) is 19.4 Å². The van der Waals surface area contributed by atoms with Gasteiger partial charge in [-0.05, 0) is 54.4 Å². The summed E-state index contributed by atoms with van der Waals surface area (Å²) >= 11 is 0. The smallest absolute Gasteiger partial charge is 0.293 e. The zero-order valence-corrected chi connectivity index (χ0v) is 18.5. The first kappa shape index (κ1) is 22.1. The average Bonchev–Trinajstić information content (AvgIpc) is 3.29. The number of fused-ring (bicyclic) bond motifs is 1. The molecule has 0 saturated heterocycles. The number of amides is 1. The van der Waals surface area contributed by atoms with Crippen LogP contribution < -0.4 is 20.3 Å². The van der Waals surface area contributed by atoms with Gasteiger partial charge in [-0.3, -0.25) is 9.59 Å². The number of carbonyl (C=O) groups excluding carboxylic acids is 1. The maximum atomic E-state index is 12.8. The summed E-state index contributed by atoms with van der Waals surface area (Å²) < 4.78 is 13.3. The van der Waals surface area contributed by atoms with Gasteiger partial charge in [-0.2, -0.15) is 10.2 Å². The molecule has 0 aliphatic carbocycles. The molecule has 1 amide bonds. The third-order valence-electron chi connectivity index (χ3n) is 5.05. The fraction of sp³-hybridized carbons (Fsp3) is 0.250. The van der Waals surface area contributed by atoms with E-state index in [-0.39, 0.29) is 12.5 Å². The van der Waals surface area contributed by atoms with Crippen LogP contribution in [0.3, 0.4) is 0 Å². The number of rotatable bonds is 9. The highest BCUT2D eigenvalue weighted by Gasteiger charge is 2.12. The van der Waals surface area contributed by atoms with Crippen LogP contribution in [-0.4, -0.2) is 39.0 Å². The standard InChI is InChI=1S/C24H25N5O4/c1-3-12-33-20-8-4-17(5-9-20)14-25-23(30)15-28-24(31)22-13-21(27-29(22)16-26-28)18-6-10-19(32-2)11-7-18/h4-11,13,16H,3,12,14-15H2,1-2H3,(H,25,30). The van der Waals surface area contributed by atoms with Crippen molar-refractivity contribution >= 4 is 11.4 Å². The van der Waals surface area contributed by atoms with Gasteiger partial charge in [0.15, 0.2) is 0 Å². The van der Waals surface area contributed by atoms with Crippen molar-refractivity contribution in [3.63, 3.8) is 0 Å². The van der Waals surface area contributed by atoms with E-state index >= 15 is 0 Å². The molecule has 0 fully saturated rings. The molecule has 4 aromatic rings. The molecular formula is C24H25N5O4. The Morgan fingerprint density at radius 2 is 1.79 bits per heavy atom. The van der Waals surface area contributed by atoms with Gasteiger partial charge in [-0.15, -0.1) is 0 Å². The Balaban J connectivity index is 1.42. The second kappa shape index (κ2) is 9.99. The van der Waals surface area contributed by atoms with E-state index in [0.717, 1.165) is 33.7 Å². The van der Waals surface area contributed by atoms with Crippen LogP contribution in [0.5, 0.6) is 11.5 Å². The molecule has 170 valence electrons. The van der Waals surface area contributed by atoms with E-state index in [0.29, 0.717) is 24.4 Å². The lowest BCUT2D eigenvalue weighted by molar-refractivity contribution is -0.122. The lowest BCUT2D eigenvalue weighted by Gasteiger charge is -2.08. The second-order valence-corrected chi connectivity index (χ2v) is 7.45. The number of carbonyl (C=O) groups is 1. The maximum Gasteiger partial charge on any atom is 0.293 e. The number of hydrogen-bond acceptors (Lipinski definition) is 6. The minimum absolute atomic E-state index is 0.184. The first-order valence-corrected chi connectivity index (χ1v) is 10.7. The van der Waals surface area contributed by atoms with Gasteiger partial charge < -0.3 is 14.8 Å².